The second kappa shape index (κ2) is 9.62. The van der Waals surface area contributed by atoms with Crippen LogP contribution in [0.4, 0.5) is 5.69 Å². The van der Waals surface area contributed by atoms with E-state index in [2.05, 4.69) is 9.97 Å². The normalized spacial score (nSPS) is 15.7. The van der Waals surface area contributed by atoms with Gasteiger partial charge in [-0.2, -0.15) is 4.98 Å². The van der Waals surface area contributed by atoms with Crippen LogP contribution in [0.15, 0.2) is 42.6 Å². The molecule has 1 atom stereocenters. The van der Waals surface area contributed by atoms with Crippen LogP contribution < -0.4 is 23.8 Å². The number of benzene rings is 2. The molecule has 0 fully saturated rings. The van der Waals surface area contributed by atoms with E-state index in [0.29, 0.717) is 50.0 Å². The number of hydrogen-bond acceptors (Lipinski definition) is 8. The zero-order valence-corrected chi connectivity index (χ0v) is 22.9. The molecule has 0 bridgehead atoms. The van der Waals surface area contributed by atoms with Crippen LogP contribution in [-0.4, -0.2) is 46.4 Å². The third-order valence-electron chi connectivity index (χ3n) is 6.63. The Hall–Kier alpha value is -4.02. The molecule has 12 heteroatoms. The number of nitrogens with zero attached hydrogens (tertiary/aromatic N) is 5. The van der Waals surface area contributed by atoms with Gasteiger partial charge in [-0.05, 0) is 37.6 Å². The summed E-state index contributed by atoms with van der Waals surface area (Å²) in [5.41, 5.74) is 2.92. The van der Waals surface area contributed by atoms with Crippen molar-refractivity contribution in [2.75, 3.05) is 25.9 Å². The molecule has 0 saturated carbocycles. The van der Waals surface area contributed by atoms with Crippen LogP contribution in [0, 0.1) is 0 Å². The van der Waals surface area contributed by atoms with Crippen LogP contribution in [0.3, 0.4) is 0 Å². The zero-order chi connectivity index (χ0) is 27.4. The van der Waals surface area contributed by atoms with E-state index in [1.165, 1.54) is 14.2 Å². The summed E-state index contributed by atoms with van der Waals surface area (Å²) in [6.07, 6.45) is 1.58. The van der Waals surface area contributed by atoms with E-state index in [1.54, 1.807) is 35.4 Å². The van der Waals surface area contributed by atoms with Gasteiger partial charge in [0.2, 0.25) is 12.7 Å². The molecule has 0 saturated heterocycles. The van der Waals surface area contributed by atoms with Gasteiger partial charge >= 0.3 is 6.01 Å². The standard InChI is InChI=1S/C27H23Cl2N5O5/c1-13(2)33-22-20(31-24(33)17-11-30-27(37-4)32-25(17)36-3)26(35)34(21(22)14-5-7-15(28)8-6-14)16-9-18(29)23-19(10-16)38-12-39-23/h5-11,13,21H,12H2,1-4H3/t21-/m0/s1. The number of anilines is 1. The average molecular weight is 568 g/mol. The number of amides is 1. The molecule has 4 heterocycles. The lowest BCUT2D eigenvalue weighted by Crippen LogP contribution is -2.30. The maximum atomic E-state index is 14.2. The Labute approximate surface area is 234 Å². The van der Waals surface area contributed by atoms with Crippen molar-refractivity contribution in [3.8, 4) is 34.8 Å². The number of methoxy groups -OCH3 is 2. The van der Waals surface area contributed by atoms with Gasteiger partial charge in [-0.1, -0.05) is 35.3 Å². The fourth-order valence-electron chi connectivity index (χ4n) is 5.00. The van der Waals surface area contributed by atoms with Crippen molar-refractivity contribution in [2.24, 2.45) is 0 Å². The molecule has 2 aromatic carbocycles. The summed E-state index contributed by atoms with van der Waals surface area (Å²) in [6, 6.07) is 10.3. The van der Waals surface area contributed by atoms with Gasteiger partial charge in [0.1, 0.15) is 11.9 Å². The summed E-state index contributed by atoms with van der Waals surface area (Å²) >= 11 is 12.8. The van der Waals surface area contributed by atoms with Crippen molar-refractivity contribution in [1.29, 1.82) is 0 Å². The number of carbonyl (C=O) groups is 1. The third kappa shape index (κ3) is 4.02. The number of ether oxygens (including phenoxy) is 4. The highest BCUT2D eigenvalue weighted by Crippen LogP contribution is 2.49. The molecule has 2 aromatic heterocycles. The molecule has 0 N–H and O–H groups in total. The van der Waals surface area contributed by atoms with Crippen LogP contribution in [0.1, 0.15) is 47.7 Å². The molecule has 0 radical (unpaired) electrons. The summed E-state index contributed by atoms with van der Waals surface area (Å²) in [5, 5.41) is 0.930. The fourth-order valence-corrected chi connectivity index (χ4v) is 5.39. The second-order valence-electron chi connectivity index (χ2n) is 9.20. The van der Waals surface area contributed by atoms with E-state index < -0.39 is 6.04 Å². The lowest BCUT2D eigenvalue weighted by molar-refractivity contribution is 0.0989. The molecule has 2 aliphatic rings. The number of imidazole rings is 1. The lowest BCUT2D eigenvalue weighted by atomic mass is 10.0. The monoisotopic (exact) mass is 567 g/mol. The minimum Gasteiger partial charge on any atom is -0.480 e. The topological polar surface area (TPSA) is 101 Å². The molecule has 0 aliphatic carbocycles. The van der Waals surface area contributed by atoms with Gasteiger partial charge in [0, 0.05) is 23.3 Å². The number of hydrogen-bond donors (Lipinski definition) is 0. The first-order valence-corrected chi connectivity index (χ1v) is 12.8. The highest BCUT2D eigenvalue weighted by atomic mass is 35.5. The van der Waals surface area contributed by atoms with Gasteiger partial charge in [0.15, 0.2) is 17.2 Å². The maximum absolute atomic E-state index is 14.2. The van der Waals surface area contributed by atoms with Crippen molar-refractivity contribution in [3.05, 3.63) is 69.6 Å². The Kier molecular flexibility index (Phi) is 6.23. The summed E-state index contributed by atoms with van der Waals surface area (Å²) in [5.74, 6) is 1.41. The molecular formula is C27H23Cl2N5O5. The molecule has 1 amide bonds. The maximum Gasteiger partial charge on any atom is 0.319 e. The van der Waals surface area contributed by atoms with E-state index >= 15 is 0 Å². The molecule has 10 nitrogen and oxygen atoms in total. The molecule has 39 heavy (non-hydrogen) atoms. The molecule has 6 rings (SSSR count). The van der Waals surface area contributed by atoms with Crippen LogP contribution in [0.25, 0.3) is 11.4 Å². The van der Waals surface area contributed by atoms with E-state index in [0.717, 1.165) is 5.56 Å². The number of carbonyl (C=O) groups excluding carboxylic acids is 1. The van der Waals surface area contributed by atoms with Gasteiger partial charge in [0.05, 0.1) is 36.2 Å². The minimum atomic E-state index is -0.546. The highest BCUT2D eigenvalue weighted by molar-refractivity contribution is 6.33. The summed E-state index contributed by atoms with van der Waals surface area (Å²) in [6.45, 7) is 4.10. The smallest absolute Gasteiger partial charge is 0.319 e. The quantitative estimate of drug-likeness (QED) is 0.291. The van der Waals surface area contributed by atoms with Gasteiger partial charge in [0.25, 0.3) is 5.91 Å². The first kappa shape index (κ1) is 25.3. The Bertz CT molecular complexity index is 1610. The Morgan fingerprint density at radius 1 is 1.05 bits per heavy atom. The van der Waals surface area contributed by atoms with E-state index in [1.807, 2.05) is 30.5 Å². The van der Waals surface area contributed by atoms with E-state index in [-0.39, 0.29) is 30.6 Å². The largest absolute Gasteiger partial charge is 0.480 e. The second-order valence-corrected chi connectivity index (χ2v) is 10.0. The van der Waals surface area contributed by atoms with E-state index in [9.17, 15) is 4.79 Å². The summed E-state index contributed by atoms with van der Waals surface area (Å²) < 4.78 is 23.8. The number of halogens is 2. The number of fused-ring (bicyclic) bond motifs is 2. The molecular weight excluding hydrogens is 545 g/mol. The van der Waals surface area contributed by atoms with Crippen molar-refractivity contribution in [1.82, 2.24) is 19.5 Å². The number of rotatable bonds is 6. The van der Waals surface area contributed by atoms with Crippen molar-refractivity contribution < 1.29 is 23.7 Å². The SMILES string of the molecule is COc1ncc(-c2nc3c(n2C(C)C)[C@H](c2ccc(Cl)cc2)N(c2cc(Cl)c4c(c2)OCO4)C3=O)c(OC)n1. The average Bonchev–Trinajstić information content (AvgIpc) is 3.63. The predicted molar refractivity (Wildman–Crippen MR) is 144 cm³/mol. The number of aromatic nitrogens is 4. The van der Waals surface area contributed by atoms with Crippen molar-refractivity contribution in [2.45, 2.75) is 25.9 Å². The van der Waals surface area contributed by atoms with Crippen LogP contribution >= 0.6 is 23.2 Å². The Morgan fingerprint density at radius 3 is 2.51 bits per heavy atom. The van der Waals surface area contributed by atoms with E-state index in [4.69, 9.17) is 47.1 Å². The third-order valence-corrected chi connectivity index (χ3v) is 7.16. The highest BCUT2D eigenvalue weighted by Gasteiger charge is 2.45. The molecule has 200 valence electrons. The first-order chi connectivity index (χ1) is 18.8. The zero-order valence-electron chi connectivity index (χ0n) is 21.4. The molecule has 0 unspecified atom stereocenters. The first-order valence-electron chi connectivity index (χ1n) is 12.1. The molecule has 0 spiro atoms. The van der Waals surface area contributed by atoms with Gasteiger partial charge in [-0.25, -0.2) is 9.97 Å². The fraction of sp³-hybridized carbons (Fsp3) is 0.259. The lowest BCUT2D eigenvalue weighted by Gasteiger charge is -2.29. The Morgan fingerprint density at radius 2 is 1.82 bits per heavy atom. The molecule has 2 aliphatic heterocycles. The Balaban J connectivity index is 1.59. The van der Waals surface area contributed by atoms with Crippen molar-refractivity contribution in [3.63, 3.8) is 0 Å². The van der Waals surface area contributed by atoms with Crippen LogP contribution in [-0.2, 0) is 0 Å². The van der Waals surface area contributed by atoms with Gasteiger partial charge in [-0.15, -0.1) is 0 Å². The van der Waals surface area contributed by atoms with Gasteiger partial charge in [-0.3, -0.25) is 9.69 Å². The van der Waals surface area contributed by atoms with Crippen LogP contribution in [0.2, 0.25) is 10.0 Å². The van der Waals surface area contributed by atoms with Crippen molar-refractivity contribution >= 4 is 34.8 Å². The predicted octanol–water partition coefficient (Wildman–Crippen LogP) is 5.72. The minimum absolute atomic E-state index is 0.0579. The summed E-state index contributed by atoms with van der Waals surface area (Å²) in [4.78, 5) is 29.3. The molecule has 4 aromatic rings. The van der Waals surface area contributed by atoms with Gasteiger partial charge < -0.3 is 23.5 Å². The summed E-state index contributed by atoms with van der Waals surface area (Å²) in [7, 11) is 2.98. The van der Waals surface area contributed by atoms with Crippen LogP contribution in [0.5, 0.6) is 23.4 Å².